The molecule has 4 fully saturated rings. The van der Waals surface area contributed by atoms with E-state index in [1.165, 1.54) is 13.3 Å². The van der Waals surface area contributed by atoms with E-state index in [4.69, 9.17) is 18.9 Å². The van der Waals surface area contributed by atoms with Crippen molar-refractivity contribution >= 4 is 11.9 Å². The normalized spacial score (nSPS) is 46.7. The minimum absolute atomic E-state index is 0.385. The second-order valence-electron chi connectivity index (χ2n) is 12.3. The second kappa shape index (κ2) is 9.46. The van der Waals surface area contributed by atoms with Crippen LogP contribution in [0.15, 0.2) is 11.6 Å². The topological polar surface area (TPSA) is 91.3 Å². The highest BCUT2D eigenvalue weighted by Crippen LogP contribution is 2.71. The molecule has 0 spiro atoms. The molecule has 1 saturated heterocycles. The lowest BCUT2D eigenvalue weighted by molar-refractivity contribution is -0.329. The lowest BCUT2D eigenvalue weighted by Gasteiger charge is -2.47. The molecule has 7 nitrogen and oxygen atoms in total. The third-order valence-electron chi connectivity index (χ3n) is 9.78. The van der Waals surface area contributed by atoms with Gasteiger partial charge in [0.15, 0.2) is 18.5 Å². The van der Waals surface area contributed by atoms with Crippen molar-refractivity contribution in [2.24, 2.45) is 35.0 Å². The van der Waals surface area contributed by atoms with Crippen molar-refractivity contribution in [3.63, 3.8) is 0 Å². The molecule has 3 saturated carbocycles. The minimum Gasteiger partial charge on any atom is -0.454 e. The summed E-state index contributed by atoms with van der Waals surface area (Å²) in [5.74, 6) is 1.98. The molecule has 0 bridgehead atoms. The van der Waals surface area contributed by atoms with E-state index in [1.807, 2.05) is 0 Å². The van der Waals surface area contributed by atoms with Gasteiger partial charge in [-0.15, -0.1) is 0 Å². The summed E-state index contributed by atoms with van der Waals surface area (Å²) in [4.78, 5) is 24.4. The predicted molar refractivity (Wildman–Crippen MR) is 130 cm³/mol. The Morgan fingerprint density at radius 2 is 1.69 bits per heavy atom. The van der Waals surface area contributed by atoms with Crippen LogP contribution >= 0.6 is 0 Å². The zero-order chi connectivity index (χ0) is 25.9. The van der Waals surface area contributed by atoms with Crippen LogP contribution in [0.1, 0.15) is 81.1 Å². The molecular weight excluding hydrogens is 448 g/mol. The van der Waals surface area contributed by atoms with Gasteiger partial charge in [0.05, 0.1) is 11.7 Å². The number of allylic oxidation sites excluding steroid dienone is 1. The first-order valence-electron chi connectivity index (χ1n) is 13.3. The molecule has 4 aliphatic rings. The van der Waals surface area contributed by atoms with Gasteiger partial charge in [0.25, 0.3) is 0 Å². The summed E-state index contributed by atoms with van der Waals surface area (Å²) < 4.78 is 24.1. The van der Waals surface area contributed by atoms with Crippen molar-refractivity contribution in [3.8, 4) is 0 Å². The molecule has 4 rings (SSSR count). The van der Waals surface area contributed by atoms with E-state index < -0.39 is 48.2 Å². The van der Waals surface area contributed by atoms with Gasteiger partial charge in [-0.25, -0.2) is 4.79 Å². The molecule has 3 aliphatic carbocycles. The maximum atomic E-state index is 12.4. The number of carbonyl (C=O) groups excluding carboxylic acids is 2. The molecule has 1 aliphatic heterocycles. The number of hydrogen-bond acceptors (Lipinski definition) is 7. The quantitative estimate of drug-likeness (QED) is 0.449. The summed E-state index contributed by atoms with van der Waals surface area (Å²) in [6, 6.07) is 0. The van der Waals surface area contributed by atoms with Crippen LogP contribution in [0.3, 0.4) is 0 Å². The largest absolute Gasteiger partial charge is 0.454 e. The van der Waals surface area contributed by atoms with Gasteiger partial charge in [0.1, 0.15) is 6.10 Å². The fraction of sp³-hybridized carbons (Fsp3) is 0.857. The summed E-state index contributed by atoms with van der Waals surface area (Å²) >= 11 is 0. The smallest absolute Gasteiger partial charge is 0.333 e. The molecule has 0 aromatic carbocycles. The Morgan fingerprint density at radius 1 is 1.00 bits per heavy atom. The molecule has 0 radical (unpaired) electrons. The van der Waals surface area contributed by atoms with Gasteiger partial charge in [-0.1, -0.05) is 33.3 Å². The average Bonchev–Trinajstić information content (AvgIpc) is 3.16. The highest BCUT2D eigenvalue weighted by atomic mass is 16.7. The fourth-order valence-corrected chi connectivity index (χ4v) is 7.59. The Hall–Kier alpha value is -1.44. The van der Waals surface area contributed by atoms with E-state index in [9.17, 15) is 14.7 Å². The van der Waals surface area contributed by atoms with Crippen LogP contribution in [-0.4, -0.2) is 53.4 Å². The highest BCUT2D eigenvalue weighted by Gasteiger charge is 2.67. The molecule has 198 valence electrons. The van der Waals surface area contributed by atoms with E-state index in [0.717, 1.165) is 25.2 Å². The van der Waals surface area contributed by atoms with Crippen molar-refractivity contribution in [2.45, 2.75) is 117 Å². The van der Waals surface area contributed by atoms with E-state index in [0.29, 0.717) is 34.7 Å². The standard InChI is InChI=1S/C28H44O7/c1-9-14(2)25(31)34-23-16(4)32-26(24(22(23)30)33-17(5)29)35-28(8)13-12-19-21(27(19,6)7)20-15(3)10-11-18(20)28/h9,15-16,18-24,26,30H,10-13H2,1-8H3/b14-9-/t15-,16-,18+,19-,20-,21-,22+,23+,24-,26+,28+/m1/s1. The van der Waals surface area contributed by atoms with Gasteiger partial charge in [-0.2, -0.15) is 0 Å². The molecule has 35 heavy (non-hydrogen) atoms. The van der Waals surface area contributed by atoms with Crippen LogP contribution in [0.25, 0.3) is 0 Å². The van der Waals surface area contributed by atoms with Crippen LogP contribution < -0.4 is 0 Å². The van der Waals surface area contributed by atoms with Gasteiger partial charge in [-0.05, 0) is 82.0 Å². The van der Waals surface area contributed by atoms with Crippen LogP contribution in [-0.2, 0) is 28.5 Å². The van der Waals surface area contributed by atoms with Gasteiger partial charge >= 0.3 is 11.9 Å². The number of rotatable bonds is 5. The SMILES string of the molecule is C/C=C(/C)C(=O)O[C@@H]1[C@H](O)[C@@H](OC(C)=O)[C@H](O[C@@]2(C)CC[C@@H]3[C@H]([C@@H]4[C@H](C)CC[C@@H]42)C3(C)C)O[C@@H]1C. The summed E-state index contributed by atoms with van der Waals surface area (Å²) in [5, 5.41) is 11.2. The number of aliphatic hydroxyl groups is 1. The van der Waals surface area contributed by atoms with Crippen molar-refractivity contribution in [3.05, 3.63) is 11.6 Å². The molecule has 0 unspecified atom stereocenters. The Labute approximate surface area is 209 Å². The maximum absolute atomic E-state index is 12.4. The van der Waals surface area contributed by atoms with Crippen LogP contribution in [0.5, 0.6) is 0 Å². The van der Waals surface area contributed by atoms with Gasteiger partial charge in [-0.3, -0.25) is 4.79 Å². The molecular formula is C28H44O7. The first-order valence-corrected chi connectivity index (χ1v) is 13.3. The third-order valence-corrected chi connectivity index (χ3v) is 9.78. The molecule has 0 aromatic rings. The van der Waals surface area contributed by atoms with E-state index in [2.05, 4.69) is 27.7 Å². The number of fused-ring (bicyclic) bond motifs is 3. The molecule has 0 aromatic heterocycles. The van der Waals surface area contributed by atoms with E-state index in [-0.39, 0.29) is 0 Å². The van der Waals surface area contributed by atoms with Crippen LogP contribution in [0, 0.1) is 35.0 Å². The van der Waals surface area contributed by atoms with Gasteiger partial charge < -0.3 is 24.1 Å². The van der Waals surface area contributed by atoms with Crippen LogP contribution in [0.4, 0.5) is 0 Å². The number of ether oxygens (including phenoxy) is 4. The number of esters is 2. The third kappa shape index (κ3) is 4.69. The van der Waals surface area contributed by atoms with Crippen molar-refractivity contribution in [2.75, 3.05) is 0 Å². The first kappa shape index (κ1) is 26.6. The van der Waals surface area contributed by atoms with E-state index >= 15 is 0 Å². The number of hydrogen-bond donors (Lipinski definition) is 1. The minimum atomic E-state index is -1.26. The molecule has 1 heterocycles. The highest BCUT2D eigenvalue weighted by molar-refractivity contribution is 5.87. The lowest BCUT2D eigenvalue weighted by Crippen LogP contribution is -2.62. The summed E-state index contributed by atoms with van der Waals surface area (Å²) in [7, 11) is 0. The van der Waals surface area contributed by atoms with E-state index in [1.54, 1.807) is 26.8 Å². The second-order valence-corrected chi connectivity index (χ2v) is 12.3. The summed E-state index contributed by atoms with van der Waals surface area (Å²) in [6.45, 7) is 15.8. The Morgan fingerprint density at radius 3 is 2.31 bits per heavy atom. The Kier molecular flexibility index (Phi) is 7.19. The Balaban J connectivity index is 1.56. The summed E-state index contributed by atoms with van der Waals surface area (Å²) in [6.07, 6.45) is 1.05. The van der Waals surface area contributed by atoms with Crippen molar-refractivity contribution in [1.82, 2.24) is 0 Å². The Bertz CT molecular complexity index is 865. The molecule has 7 heteroatoms. The molecule has 11 atom stereocenters. The first-order chi connectivity index (χ1) is 16.3. The van der Waals surface area contributed by atoms with Crippen molar-refractivity contribution in [1.29, 1.82) is 0 Å². The number of carbonyl (C=O) groups is 2. The zero-order valence-electron chi connectivity index (χ0n) is 22.6. The maximum Gasteiger partial charge on any atom is 0.333 e. The molecule has 0 amide bonds. The summed E-state index contributed by atoms with van der Waals surface area (Å²) in [5.41, 5.74) is 0.366. The average molecular weight is 493 g/mol. The monoisotopic (exact) mass is 492 g/mol. The van der Waals surface area contributed by atoms with Crippen LogP contribution in [0.2, 0.25) is 0 Å². The van der Waals surface area contributed by atoms with Gasteiger partial charge in [0.2, 0.25) is 0 Å². The number of aliphatic hydroxyl groups excluding tert-OH is 1. The van der Waals surface area contributed by atoms with Crippen molar-refractivity contribution < 1.29 is 33.6 Å². The predicted octanol–water partition coefficient (Wildman–Crippen LogP) is 4.41. The zero-order valence-corrected chi connectivity index (χ0v) is 22.6. The van der Waals surface area contributed by atoms with Gasteiger partial charge in [0, 0.05) is 12.5 Å². The fourth-order valence-electron chi connectivity index (χ4n) is 7.59. The lowest BCUT2D eigenvalue weighted by atomic mass is 9.74. The molecule has 1 N–H and O–H groups in total.